The van der Waals surface area contributed by atoms with Crippen LogP contribution in [0, 0.1) is 5.92 Å². The lowest BCUT2D eigenvalue weighted by molar-refractivity contribution is 0.0621. The third kappa shape index (κ3) is 7.30. The third-order valence-electron chi connectivity index (χ3n) is 2.43. The lowest BCUT2D eigenvalue weighted by Crippen LogP contribution is -2.18. The van der Waals surface area contributed by atoms with Crippen LogP contribution in [0.3, 0.4) is 0 Å². The summed E-state index contributed by atoms with van der Waals surface area (Å²) in [5.41, 5.74) is 0. The van der Waals surface area contributed by atoms with Crippen LogP contribution in [0.2, 0.25) is 0 Å². The summed E-state index contributed by atoms with van der Waals surface area (Å²) in [5, 5.41) is 9.49. The van der Waals surface area contributed by atoms with Crippen molar-refractivity contribution >= 4 is 0 Å². The molecule has 0 aliphatic rings. The van der Waals surface area contributed by atoms with Gasteiger partial charge in [-0.25, -0.2) is 0 Å². The first-order chi connectivity index (χ1) is 6.72. The molecule has 14 heavy (non-hydrogen) atoms. The predicted molar refractivity (Wildman–Crippen MR) is 57.4 cm³/mol. The Bertz CT molecular complexity index is 117. The number of rotatable bonds is 9. The molecular weight excluding hydrogens is 180 g/mol. The molecule has 0 rings (SSSR count). The topological polar surface area (TPSA) is 38.7 Å². The van der Waals surface area contributed by atoms with Crippen LogP contribution >= 0.6 is 0 Å². The van der Waals surface area contributed by atoms with Crippen molar-refractivity contribution in [3.8, 4) is 0 Å². The highest BCUT2D eigenvalue weighted by Crippen LogP contribution is 2.10. The van der Waals surface area contributed by atoms with Crippen LogP contribution in [-0.4, -0.2) is 38.1 Å². The minimum atomic E-state index is -0.183. The summed E-state index contributed by atoms with van der Waals surface area (Å²) in [5.74, 6) is 0.336. The SMILES string of the molecule is CCC(O)C(C)CCOCCCOC. The van der Waals surface area contributed by atoms with E-state index in [0.29, 0.717) is 5.92 Å². The minimum Gasteiger partial charge on any atom is -0.393 e. The van der Waals surface area contributed by atoms with Crippen molar-refractivity contribution in [2.45, 2.75) is 39.2 Å². The molecule has 0 radical (unpaired) electrons. The number of hydrogen-bond donors (Lipinski definition) is 1. The Morgan fingerprint density at radius 2 is 1.93 bits per heavy atom. The summed E-state index contributed by atoms with van der Waals surface area (Å²) >= 11 is 0. The highest BCUT2D eigenvalue weighted by Gasteiger charge is 2.10. The molecule has 0 saturated heterocycles. The summed E-state index contributed by atoms with van der Waals surface area (Å²) in [7, 11) is 1.69. The maximum atomic E-state index is 9.49. The predicted octanol–water partition coefficient (Wildman–Crippen LogP) is 1.84. The average molecular weight is 204 g/mol. The first-order valence-corrected chi connectivity index (χ1v) is 5.47. The molecule has 0 amide bonds. The number of ether oxygens (including phenoxy) is 2. The van der Waals surface area contributed by atoms with Gasteiger partial charge in [-0.05, 0) is 25.2 Å². The van der Waals surface area contributed by atoms with Crippen LogP contribution in [0.5, 0.6) is 0 Å². The fraction of sp³-hybridized carbons (Fsp3) is 1.00. The van der Waals surface area contributed by atoms with Gasteiger partial charge in [0, 0.05) is 26.9 Å². The van der Waals surface area contributed by atoms with Gasteiger partial charge in [-0.2, -0.15) is 0 Å². The van der Waals surface area contributed by atoms with Crippen LogP contribution in [0.25, 0.3) is 0 Å². The lowest BCUT2D eigenvalue weighted by Gasteiger charge is -2.16. The van der Waals surface area contributed by atoms with Gasteiger partial charge in [0.1, 0.15) is 0 Å². The molecule has 0 aromatic heterocycles. The number of aliphatic hydroxyl groups excluding tert-OH is 1. The summed E-state index contributed by atoms with van der Waals surface area (Å²) in [6, 6.07) is 0. The first-order valence-electron chi connectivity index (χ1n) is 5.47. The fourth-order valence-corrected chi connectivity index (χ4v) is 1.27. The molecule has 86 valence electrons. The Morgan fingerprint density at radius 1 is 1.21 bits per heavy atom. The zero-order valence-electron chi connectivity index (χ0n) is 9.66. The lowest BCUT2D eigenvalue weighted by atomic mass is 10.00. The van der Waals surface area contributed by atoms with E-state index in [9.17, 15) is 5.11 Å². The van der Waals surface area contributed by atoms with E-state index in [4.69, 9.17) is 9.47 Å². The van der Waals surface area contributed by atoms with E-state index >= 15 is 0 Å². The maximum Gasteiger partial charge on any atom is 0.0564 e. The maximum absolute atomic E-state index is 9.49. The van der Waals surface area contributed by atoms with Crippen LogP contribution in [0.15, 0.2) is 0 Å². The molecule has 0 heterocycles. The minimum absolute atomic E-state index is 0.183. The van der Waals surface area contributed by atoms with E-state index < -0.39 is 0 Å². The second kappa shape index (κ2) is 9.44. The monoisotopic (exact) mass is 204 g/mol. The van der Waals surface area contributed by atoms with E-state index in [0.717, 1.165) is 39.1 Å². The largest absolute Gasteiger partial charge is 0.393 e. The van der Waals surface area contributed by atoms with Crippen LogP contribution in [0.1, 0.15) is 33.1 Å². The van der Waals surface area contributed by atoms with E-state index in [-0.39, 0.29) is 6.10 Å². The summed E-state index contributed by atoms with van der Waals surface area (Å²) in [6.45, 7) is 6.31. The molecule has 3 heteroatoms. The zero-order chi connectivity index (χ0) is 10.8. The van der Waals surface area contributed by atoms with Crippen molar-refractivity contribution < 1.29 is 14.6 Å². The molecule has 2 unspecified atom stereocenters. The Labute approximate surface area is 87.4 Å². The Hall–Kier alpha value is -0.120. The normalized spacial score (nSPS) is 15.4. The number of aliphatic hydroxyl groups is 1. The van der Waals surface area contributed by atoms with Gasteiger partial charge in [0.15, 0.2) is 0 Å². The Balaban J connectivity index is 3.18. The van der Waals surface area contributed by atoms with E-state index in [2.05, 4.69) is 6.92 Å². The molecule has 0 saturated carbocycles. The molecule has 3 nitrogen and oxygen atoms in total. The molecule has 0 fully saturated rings. The van der Waals surface area contributed by atoms with Crippen molar-refractivity contribution in [3.05, 3.63) is 0 Å². The summed E-state index contributed by atoms with van der Waals surface area (Å²) in [4.78, 5) is 0. The summed E-state index contributed by atoms with van der Waals surface area (Å²) < 4.78 is 10.3. The molecule has 0 aliphatic heterocycles. The van der Waals surface area contributed by atoms with Gasteiger partial charge in [-0.3, -0.25) is 0 Å². The molecule has 0 aliphatic carbocycles. The summed E-state index contributed by atoms with van der Waals surface area (Å²) in [6.07, 6.45) is 2.52. The van der Waals surface area contributed by atoms with Crippen molar-refractivity contribution in [1.82, 2.24) is 0 Å². The molecule has 0 spiro atoms. The van der Waals surface area contributed by atoms with Crippen molar-refractivity contribution in [2.24, 2.45) is 5.92 Å². The van der Waals surface area contributed by atoms with Gasteiger partial charge in [0.25, 0.3) is 0 Å². The third-order valence-corrected chi connectivity index (χ3v) is 2.43. The number of hydrogen-bond acceptors (Lipinski definition) is 3. The highest BCUT2D eigenvalue weighted by atomic mass is 16.5. The van der Waals surface area contributed by atoms with Crippen LogP contribution in [0.4, 0.5) is 0 Å². The number of methoxy groups -OCH3 is 1. The highest BCUT2D eigenvalue weighted by molar-refractivity contribution is 4.61. The van der Waals surface area contributed by atoms with Crippen LogP contribution in [-0.2, 0) is 9.47 Å². The van der Waals surface area contributed by atoms with Gasteiger partial charge in [-0.1, -0.05) is 13.8 Å². The average Bonchev–Trinajstić information content (AvgIpc) is 2.21. The standard InChI is InChI=1S/C11H24O3/c1-4-11(12)10(2)6-9-14-8-5-7-13-3/h10-12H,4-9H2,1-3H3. The Morgan fingerprint density at radius 3 is 2.50 bits per heavy atom. The van der Waals surface area contributed by atoms with Crippen molar-refractivity contribution in [3.63, 3.8) is 0 Å². The van der Waals surface area contributed by atoms with Gasteiger partial charge < -0.3 is 14.6 Å². The van der Waals surface area contributed by atoms with E-state index in [1.165, 1.54) is 0 Å². The fourth-order valence-electron chi connectivity index (χ4n) is 1.27. The molecule has 2 atom stereocenters. The zero-order valence-corrected chi connectivity index (χ0v) is 9.66. The van der Waals surface area contributed by atoms with E-state index in [1.807, 2.05) is 6.92 Å². The Kier molecular flexibility index (Phi) is 9.35. The smallest absolute Gasteiger partial charge is 0.0564 e. The molecular formula is C11H24O3. The van der Waals surface area contributed by atoms with Gasteiger partial charge in [0.2, 0.25) is 0 Å². The molecule has 0 bridgehead atoms. The van der Waals surface area contributed by atoms with Crippen LogP contribution < -0.4 is 0 Å². The van der Waals surface area contributed by atoms with Gasteiger partial charge >= 0.3 is 0 Å². The molecule has 1 N–H and O–H groups in total. The van der Waals surface area contributed by atoms with E-state index in [1.54, 1.807) is 7.11 Å². The first kappa shape index (κ1) is 13.9. The quantitative estimate of drug-likeness (QED) is 0.582. The van der Waals surface area contributed by atoms with Gasteiger partial charge in [0.05, 0.1) is 6.10 Å². The second-order valence-electron chi connectivity index (χ2n) is 3.70. The second-order valence-corrected chi connectivity index (χ2v) is 3.70. The molecule has 0 aromatic carbocycles. The van der Waals surface area contributed by atoms with Crippen molar-refractivity contribution in [1.29, 1.82) is 0 Å². The molecule has 0 aromatic rings. The van der Waals surface area contributed by atoms with Crippen molar-refractivity contribution in [2.75, 3.05) is 26.9 Å². The van der Waals surface area contributed by atoms with Gasteiger partial charge in [-0.15, -0.1) is 0 Å².